The van der Waals surface area contributed by atoms with Crippen LogP contribution in [0, 0.1) is 12.7 Å². The molecule has 1 aromatic carbocycles. The molecular weight excluding hydrogens is 299 g/mol. The number of benzene rings is 1. The summed E-state index contributed by atoms with van der Waals surface area (Å²) >= 11 is 0.867. The molecule has 106 valence electrons. The van der Waals surface area contributed by atoms with Crippen molar-refractivity contribution in [3.63, 3.8) is 0 Å². The van der Waals surface area contributed by atoms with Gasteiger partial charge in [-0.2, -0.15) is 9.98 Å². The number of H-pyrrole nitrogens is 1. The molecule has 1 N–H and O–H groups in total. The number of aromatic amines is 1. The fourth-order valence-corrected chi connectivity index (χ4v) is 2.81. The predicted molar refractivity (Wildman–Crippen MR) is 72.0 cm³/mol. The number of rotatable bonds is 3. The maximum absolute atomic E-state index is 14.0. The molecule has 2 heterocycles. The number of carbonyl (C=O) groups excluding carboxylic acids is 1. The summed E-state index contributed by atoms with van der Waals surface area (Å²) in [6.07, 6.45) is 1.38. The van der Waals surface area contributed by atoms with Gasteiger partial charge in [-0.15, -0.1) is 0 Å². The smallest absolute Gasteiger partial charge is 0.305 e. The standard InChI is InChI=1S/C12H7FN4O3S/c1-5-15-9(17-20-5)2-6-10(14-4-18)7(13)3-8-11(6)16-12(19)21-8/h3H,2H2,1H3,(H,16,19). The maximum atomic E-state index is 14.0. The van der Waals surface area contributed by atoms with E-state index in [9.17, 15) is 14.0 Å². The second kappa shape index (κ2) is 5.04. The van der Waals surface area contributed by atoms with Crippen LogP contribution in [-0.4, -0.2) is 21.2 Å². The molecule has 0 atom stereocenters. The normalized spacial score (nSPS) is 10.8. The summed E-state index contributed by atoms with van der Waals surface area (Å²) in [7, 11) is 0. The summed E-state index contributed by atoms with van der Waals surface area (Å²) in [6.45, 7) is 1.62. The Morgan fingerprint density at radius 3 is 3.05 bits per heavy atom. The second-order valence-electron chi connectivity index (χ2n) is 4.18. The molecule has 21 heavy (non-hydrogen) atoms. The maximum Gasteiger partial charge on any atom is 0.305 e. The average molecular weight is 306 g/mol. The molecule has 9 heteroatoms. The van der Waals surface area contributed by atoms with Gasteiger partial charge in [0, 0.05) is 18.9 Å². The fourth-order valence-electron chi connectivity index (χ4n) is 2.02. The van der Waals surface area contributed by atoms with Gasteiger partial charge in [0.1, 0.15) is 5.69 Å². The first kappa shape index (κ1) is 13.3. The van der Waals surface area contributed by atoms with E-state index in [1.165, 1.54) is 6.08 Å². The van der Waals surface area contributed by atoms with E-state index in [1.807, 2.05) is 0 Å². The van der Waals surface area contributed by atoms with E-state index >= 15 is 0 Å². The monoisotopic (exact) mass is 306 g/mol. The Kier molecular flexibility index (Phi) is 3.20. The first-order valence-corrected chi connectivity index (χ1v) is 6.61. The summed E-state index contributed by atoms with van der Waals surface area (Å²) in [6, 6.07) is 1.15. The number of thiazole rings is 1. The topological polar surface area (TPSA) is 101 Å². The highest BCUT2D eigenvalue weighted by Crippen LogP contribution is 2.32. The summed E-state index contributed by atoms with van der Waals surface area (Å²) in [5.74, 6) is -0.0537. The van der Waals surface area contributed by atoms with Crippen LogP contribution in [0.4, 0.5) is 10.1 Å². The van der Waals surface area contributed by atoms with Crippen LogP contribution in [0.5, 0.6) is 0 Å². The summed E-state index contributed by atoms with van der Waals surface area (Å²) in [5.41, 5.74) is 0.532. The van der Waals surface area contributed by atoms with E-state index in [1.54, 1.807) is 6.92 Å². The zero-order valence-electron chi connectivity index (χ0n) is 10.6. The summed E-state index contributed by atoms with van der Waals surface area (Å²) in [5, 5.41) is 3.72. The molecule has 0 radical (unpaired) electrons. The van der Waals surface area contributed by atoms with Gasteiger partial charge in [0.25, 0.3) is 0 Å². The van der Waals surface area contributed by atoms with E-state index in [4.69, 9.17) is 4.52 Å². The third-order valence-electron chi connectivity index (χ3n) is 2.81. The van der Waals surface area contributed by atoms with Crippen molar-refractivity contribution in [3.8, 4) is 0 Å². The molecule has 0 amide bonds. The number of hydrogen-bond acceptors (Lipinski definition) is 7. The number of hydrogen-bond donors (Lipinski definition) is 1. The third-order valence-corrected chi connectivity index (χ3v) is 3.64. The highest BCUT2D eigenvalue weighted by atomic mass is 32.1. The van der Waals surface area contributed by atoms with Crippen molar-refractivity contribution in [2.45, 2.75) is 13.3 Å². The Bertz CT molecular complexity index is 936. The molecule has 0 aliphatic heterocycles. The molecule has 0 fully saturated rings. The van der Waals surface area contributed by atoms with Crippen molar-refractivity contribution in [3.05, 3.63) is 38.8 Å². The first-order valence-electron chi connectivity index (χ1n) is 5.79. The van der Waals surface area contributed by atoms with Crippen LogP contribution in [0.25, 0.3) is 10.2 Å². The first-order chi connectivity index (χ1) is 10.1. The third kappa shape index (κ3) is 2.39. The van der Waals surface area contributed by atoms with Crippen LogP contribution < -0.4 is 4.87 Å². The molecule has 3 aromatic rings. The fraction of sp³-hybridized carbons (Fsp3) is 0.167. The zero-order valence-corrected chi connectivity index (χ0v) is 11.5. The Balaban J connectivity index is 2.27. The molecule has 0 saturated heterocycles. The molecule has 0 bridgehead atoms. The minimum atomic E-state index is -0.712. The van der Waals surface area contributed by atoms with Gasteiger partial charge in [0.05, 0.1) is 10.2 Å². The Morgan fingerprint density at radius 2 is 2.38 bits per heavy atom. The molecule has 7 nitrogen and oxygen atoms in total. The van der Waals surface area contributed by atoms with Gasteiger partial charge in [-0.25, -0.2) is 9.18 Å². The number of nitrogens with zero attached hydrogens (tertiary/aromatic N) is 3. The minimum absolute atomic E-state index is 0.0682. The lowest BCUT2D eigenvalue weighted by Gasteiger charge is -2.05. The van der Waals surface area contributed by atoms with Crippen molar-refractivity contribution in [1.82, 2.24) is 15.1 Å². The van der Waals surface area contributed by atoms with E-state index in [0.717, 1.165) is 17.4 Å². The predicted octanol–water partition coefficient (Wildman–Crippen LogP) is 1.98. The number of aromatic nitrogens is 3. The van der Waals surface area contributed by atoms with Crippen molar-refractivity contribution in [1.29, 1.82) is 0 Å². The number of halogens is 1. The van der Waals surface area contributed by atoms with Crippen LogP contribution in [0.1, 0.15) is 17.3 Å². The Hall–Kier alpha value is -2.64. The molecule has 0 aliphatic rings. The van der Waals surface area contributed by atoms with E-state index in [-0.39, 0.29) is 17.0 Å². The second-order valence-corrected chi connectivity index (χ2v) is 5.20. The quantitative estimate of drug-likeness (QED) is 0.589. The number of fused-ring (bicyclic) bond motifs is 1. The Morgan fingerprint density at radius 1 is 1.57 bits per heavy atom. The molecule has 0 spiro atoms. The summed E-state index contributed by atoms with van der Waals surface area (Å²) in [4.78, 5) is 31.6. The van der Waals surface area contributed by atoms with E-state index < -0.39 is 5.82 Å². The van der Waals surface area contributed by atoms with Gasteiger partial charge in [0.15, 0.2) is 11.6 Å². The van der Waals surface area contributed by atoms with Gasteiger partial charge in [-0.05, 0) is 6.07 Å². The van der Waals surface area contributed by atoms with Crippen LogP contribution in [0.2, 0.25) is 0 Å². The Labute approximate surface area is 120 Å². The largest absolute Gasteiger partial charge is 0.340 e. The van der Waals surface area contributed by atoms with Crippen LogP contribution >= 0.6 is 11.3 Å². The van der Waals surface area contributed by atoms with Crippen LogP contribution in [-0.2, 0) is 11.2 Å². The molecule has 0 aliphatic carbocycles. The lowest BCUT2D eigenvalue weighted by molar-refractivity contribution is 0.388. The number of aliphatic imine (C=N–C) groups is 1. The van der Waals surface area contributed by atoms with Crippen molar-refractivity contribution in [2.75, 3.05) is 0 Å². The van der Waals surface area contributed by atoms with Gasteiger partial charge < -0.3 is 9.51 Å². The number of aryl methyl sites for hydroxylation is 1. The van der Waals surface area contributed by atoms with Crippen molar-refractivity contribution >= 4 is 33.3 Å². The lowest BCUT2D eigenvalue weighted by atomic mass is 10.1. The summed E-state index contributed by atoms with van der Waals surface area (Å²) < 4.78 is 19.3. The molecule has 0 unspecified atom stereocenters. The molecular formula is C12H7FN4O3S. The van der Waals surface area contributed by atoms with Gasteiger partial charge >= 0.3 is 4.87 Å². The van der Waals surface area contributed by atoms with Gasteiger partial charge in [-0.3, -0.25) is 4.79 Å². The van der Waals surface area contributed by atoms with Gasteiger partial charge in [0.2, 0.25) is 12.0 Å². The van der Waals surface area contributed by atoms with Crippen molar-refractivity contribution < 1.29 is 13.7 Å². The van der Waals surface area contributed by atoms with Crippen LogP contribution in [0.15, 0.2) is 20.4 Å². The minimum Gasteiger partial charge on any atom is -0.340 e. The molecule has 0 saturated carbocycles. The SMILES string of the molecule is Cc1nc(Cc2c(N=C=O)c(F)cc3sc(=O)[nH]c23)no1. The highest BCUT2D eigenvalue weighted by Gasteiger charge is 2.18. The van der Waals surface area contributed by atoms with Gasteiger partial charge in [-0.1, -0.05) is 16.5 Å². The van der Waals surface area contributed by atoms with Crippen LogP contribution in [0.3, 0.4) is 0 Å². The number of nitrogens with one attached hydrogen (secondary N) is 1. The molecule has 2 aromatic heterocycles. The van der Waals surface area contributed by atoms with E-state index in [2.05, 4.69) is 20.1 Å². The van der Waals surface area contributed by atoms with Crippen molar-refractivity contribution in [2.24, 2.45) is 4.99 Å². The number of isocyanates is 1. The van der Waals surface area contributed by atoms with E-state index in [0.29, 0.717) is 27.5 Å². The molecule has 3 rings (SSSR count). The highest BCUT2D eigenvalue weighted by molar-refractivity contribution is 7.16. The zero-order chi connectivity index (χ0) is 15.0. The lowest BCUT2D eigenvalue weighted by Crippen LogP contribution is -1.97. The average Bonchev–Trinajstić information content (AvgIpc) is 2.99.